The topological polar surface area (TPSA) is 68.0 Å². The fourth-order valence-corrected chi connectivity index (χ4v) is 2.53. The molecule has 118 valence electrons. The SMILES string of the molecule is C[C@H](N)C(=O)Nc1ncc(Cc2ccc(C(F)(F)F)cc2)s1. The number of rotatable bonds is 4. The lowest BCUT2D eigenvalue weighted by Gasteiger charge is -2.07. The van der Waals surface area contributed by atoms with Gasteiger partial charge in [0.15, 0.2) is 5.13 Å². The Labute approximate surface area is 129 Å². The van der Waals surface area contributed by atoms with Gasteiger partial charge in [0.25, 0.3) is 0 Å². The van der Waals surface area contributed by atoms with Gasteiger partial charge in [-0.15, -0.1) is 11.3 Å². The summed E-state index contributed by atoms with van der Waals surface area (Å²) < 4.78 is 37.4. The molecule has 1 amide bonds. The Morgan fingerprint density at radius 3 is 2.55 bits per heavy atom. The number of alkyl halides is 3. The molecule has 0 spiro atoms. The van der Waals surface area contributed by atoms with Crippen molar-refractivity contribution in [1.82, 2.24) is 4.98 Å². The quantitative estimate of drug-likeness (QED) is 0.906. The normalized spacial score (nSPS) is 13.0. The van der Waals surface area contributed by atoms with Crippen molar-refractivity contribution in [2.24, 2.45) is 5.73 Å². The molecule has 0 saturated carbocycles. The Morgan fingerprint density at radius 2 is 2.00 bits per heavy atom. The number of nitrogens with one attached hydrogen (secondary N) is 1. The number of nitrogens with zero attached hydrogens (tertiary/aromatic N) is 1. The van der Waals surface area contributed by atoms with E-state index < -0.39 is 17.8 Å². The Hall–Kier alpha value is -1.93. The van der Waals surface area contributed by atoms with Gasteiger partial charge < -0.3 is 11.1 Å². The second kappa shape index (κ2) is 6.45. The molecule has 0 aliphatic carbocycles. The maximum absolute atomic E-state index is 12.5. The van der Waals surface area contributed by atoms with Gasteiger partial charge in [0.1, 0.15) is 0 Å². The number of benzene rings is 1. The minimum Gasteiger partial charge on any atom is -0.320 e. The Morgan fingerprint density at radius 1 is 1.36 bits per heavy atom. The van der Waals surface area contributed by atoms with Gasteiger partial charge in [0, 0.05) is 17.5 Å². The van der Waals surface area contributed by atoms with Gasteiger partial charge in [0.2, 0.25) is 5.91 Å². The van der Waals surface area contributed by atoms with Crippen LogP contribution in [0.15, 0.2) is 30.5 Å². The Kier molecular flexibility index (Phi) is 4.82. The zero-order chi connectivity index (χ0) is 16.3. The summed E-state index contributed by atoms with van der Waals surface area (Å²) in [5, 5.41) is 2.99. The Balaban J connectivity index is 2.02. The molecule has 22 heavy (non-hydrogen) atoms. The van der Waals surface area contributed by atoms with Crippen molar-refractivity contribution in [1.29, 1.82) is 0 Å². The fraction of sp³-hybridized carbons (Fsp3) is 0.286. The molecule has 4 nitrogen and oxygen atoms in total. The molecule has 3 N–H and O–H groups in total. The van der Waals surface area contributed by atoms with Crippen molar-refractivity contribution >= 4 is 22.4 Å². The van der Waals surface area contributed by atoms with E-state index in [0.29, 0.717) is 11.6 Å². The summed E-state index contributed by atoms with van der Waals surface area (Å²) in [6.07, 6.45) is -2.30. The molecule has 0 radical (unpaired) electrons. The van der Waals surface area contributed by atoms with Gasteiger partial charge in [-0.25, -0.2) is 4.98 Å². The van der Waals surface area contributed by atoms with E-state index in [4.69, 9.17) is 5.73 Å². The first-order valence-electron chi connectivity index (χ1n) is 6.43. The van der Waals surface area contributed by atoms with Crippen molar-refractivity contribution < 1.29 is 18.0 Å². The van der Waals surface area contributed by atoms with Crippen LogP contribution in [0.1, 0.15) is 22.9 Å². The summed E-state index contributed by atoms with van der Waals surface area (Å²) >= 11 is 1.26. The molecule has 0 bridgehead atoms. The Bertz CT molecular complexity index is 650. The molecular weight excluding hydrogens is 315 g/mol. The first kappa shape index (κ1) is 16.4. The second-order valence-electron chi connectivity index (χ2n) is 4.78. The first-order valence-corrected chi connectivity index (χ1v) is 7.24. The summed E-state index contributed by atoms with van der Waals surface area (Å²) in [5.41, 5.74) is 5.50. The van der Waals surface area contributed by atoms with E-state index in [1.54, 1.807) is 13.1 Å². The van der Waals surface area contributed by atoms with Crippen LogP contribution >= 0.6 is 11.3 Å². The van der Waals surface area contributed by atoms with E-state index in [1.807, 2.05) is 0 Å². The fourth-order valence-electron chi connectivity index (χ4n) is 1.68. The third-order valence-corrected chi connectivity index (χ3v) is 3.77. The van der Waals surface area contributed by atoms with E-state index >= 15 is 0 Å². The highest BCUT2D eigenvalue weighted by Gasteiger charge is 2.29. The molecule has 8 heteroatoms. The molecule has 1 aromatic heterocycles. The molecular formula is C14H14F3N3OS. The molecule has 2 aromatic rings. The number of halogens is 3. The molecule has 0 aliphatic heterocycles. The van der Waals surface area contributed by atoms with Gasteiger partial charge in [-0.1, -0.05) is 12.1 Å². The largest absolute Gasteiger partial charge is 0.416 e. The number of anilines is 1. The van der Waals surface area contributed by atoms with Crippen LogP contribution in [0, 0.1) is 0 Å². The van der Waals surface area contributed by atoms with E-state index in [-0.39, 0.29) is 5.91 Å². The summed E-state index contributed by atoms with van der Waals surface area (Å²) in [6, 6.07) is 4.33. The summed E-state index contributed by atoms with van der Waals surface area (Å²) in [4.78, 5) is 16.3. The third kappa shape index (κ3) is 4.28. The van der Waals surface area contributed by atoms with Crippen LogP contribution in [0.25, 0.3) is 0 Å². The first-order chi connectivity index (χ1) is 10.3. The van der Waals surface area contributed by atoms with Crippen LogP contribution in [-0.2, 0) is 17.4 Å². The van der Waals surface area contributed by atoms with E-state index in [2.05, 4.69) is 10.3 Å². The number of aromatic nitrogens is 1. The monoisotopic (exact) mass is 329 g/mol. The van der Waals surface area contributed by atoms with Crippen molar-refractivity contribution in [3.8, 4) is 0 Å². The molecule has 0 unspecified atom stereocenters. The second-order valence-corrected chi connectivity index (χ2v) is 5.90. The summed E-state index contributed by atoms with van der Waals surface area (Å²) in [7, 11) is 0. The van der Waals surface area contributed by atoms with Crippen molar-refractivity contribution in [3.63, 3.8) is 0 Å². The van der Waals surface area contributed by atoms with E-state index in [0.717, 1.165) is 22.6 Å². The number of thiazole rings is 1. The van der Waals surface area contributed by atoms with Crippen LogP contribution in [-0.4, -0.2) is 16.9 Å². The number of hydrogen-bond acceptors (Lipinski definition) is 4. The average Bonchev–Trinajstić information content (AvgIpc) is 2.85. The maximum Gasteiger partial charge on any atom is 0.416 e. The van der Waals surface area contributed by atoms with Crippen LogP contribution < -0.4 is 11.1 Å². The minimum absolute atomic E-state index is 0.338. The van der Waals surface area contributed by atoms with Crippen LogP contribution in [0.3, 0.4) is 0 Å². The number of amides is 1. The number of carbonyl (C=O) groups excluding carboxylic acids is 1. The molecule has 1 heterocycles. The van der Waals surface area contributed by atoms with Crippen molar-refractivity contribution in [3.05, 3.63) is 46.5 Å². The summed E-state index contributed by atoms with van der Waals surface area (Å²) in [5.74, 6) is -0.338. The van der Waals surface area contributed by atoms with E-state index in [9.17, 15) is 18.0 Å². The predicted molar refractivity (Wildman–Crippen MR) is 78.6 cm³/mol. The highest BCUT2D eigenvalue weighted by Crippen LogP contribution is 2.29. The zero-order valence-corrected chi connectivity index (χ0v) is 12.5. The van der Waals surface area contributed by atoms with Gasteiger partial charge in [0.05, 0.1) is 11.6 Å². The van der Waals surface area contributed by atoms with Gasteiger partial charge >= 0.3 is 6.18 Å². The number of hydrogen-bond donors (Lipinski definition) is 2. The van der Waals surface area contributed by atoms with Crippen LogP contribution in [0.4, 0.5) is 18.3 Å². The van der Waals surface area contributed by atoms with E-state index in [1.165, 1.54) is 23.5 Å². The van der Waals surface area contributed by atoms with Crippen molar-refractivity contribution in [2.75, 3.05) is 5.32 Å². The predicted octanol–water partition coefficient (Wildman–Crippen LogP) is 3.04. The highest BCUT2D eigenvalue weighted by molar-refractivity contribution is 7.15. The standard InChI is InChI=1S/C14H14F3N3OS/c1-8(18)12(21)20-13-19-7-11(22-13)6-9-2-4-10(5-3-9)14(15,16)17/h2-5,7-8H,6,18H2,1H3,(H,19,20,21)/t8-/m0/s1. The van der Waals surface area contributed by atoms with Crippen molar-refractivity contribution in [2.45, 2.75) is 25.6 Å². The van der Waals surface area contributed by atoms with Crippen LogP contribution in [0.2, 0.25) is 0 Å². The number of nitrogens with two attached hydrogens (primary N) is 1. The summed E-state index contributed by atoms with van der Waals surface area (Å²) in [6.45, 7) is 1.56. The van der Waals surface area contributed by atoms with Gasteiger partial charge in [-0.05, 0) is 24.6 Å². The molecule has 1 aromatic carbocycles. The molecule has 2 rings (SSSR count). The number of carbonyl (C=O) groups is 1. The average molecular weight is 329 g/mol. The van der Waals surface area contributed by atoms with Gasteiger partial charge in [-0.2, -0.15) is 13.2 Å². The lowest BCUT2D eigenvalue weighted by Crippen LogP contribution is -2.32. The molecule has 0 saturated heterocycles. The van der Waals surface area contributed by atoms with Gasteiger partial charge in [-0.3, -0.25) is 4.79 Å². The minimum atomic E-state index is -4.33. The lowest BCUT2D eigenvalue weighted by atomic mass is 10.1. The highest BCUT2D eigenvalue weighted by atomic mass is 32.1. The molecule has 0 fully saturated rings. The smallest absolute Gasteiger partial charge is 0.320 e. The maximum atomic E-state index is 12.5. The third-order valence-electron chi connectivity index (χ3n) is 2.86. The zero-order valence-electron chi connectivity index (χ0n) is 11.6. The molecule has 1 atom stereocenters. The van der Waals surface area contributed by atoms with Crippen LogP contribution in [0.5, 0.6) is 0 Å². The molecule has 0 aliphatic rings. The lowest BCUT2D eigenvalue weighted by molar-refractivity contribution is -0.137.